The Balaban J connectivity index is 1.88. The van der Waals surface area contributed by atoms with Gasteiger partial charge in [0.15, 0.2) is 0 Å². The summed E-state index contributed by atoms with van der Waals surface area (Å²) in [6, 6.07) is 9.49. The fraction of sp³-hybridized carbons (Fsp3) is 0.111. The van der Waals surface area contributed by atoms with Crippen molar-refractivity contribution in [3.05, 3.63) is 64.2 Å². The van der Waals surface area contributed by atoms with Crippen molar-refractivity contribution in [2.24, 2.45) is 0 Å². The number of imidazole rings is 1. The van der Waals surface area contributed by atoms with Gasteiger partial charge in [-0.1, -0.05) is 0 Å². The minimum absolute atomic E-state index is 0.277. The van der Waals surface area contributed by atoms with Crippen LogP contribution < -0.4 is 5.56 Å². The molecule has 0 aliphatic carbocycles. The molecule has 118 valence electrons. The summed E-state index contributed by atoms with van der Waals surface area (Å²) in [7, 11) is 0. The number of rotatable bonds is 2. The molecule has 0 aliphatic heterocycles. The molecule has 0 bridgehead atoms. The maximum Gasteiger partial charge on any atom is 0.275 e. The SMILES string of the molecule is Cc1cc2nc(-c3cc(-c4ccncc4)n[nH]c3=O)[nH]c2cc1C. The number of pyridine rings is 1. The second-order valence-electron chi connectivity index (χ2n) is 5.77. The van der Waals surface area contributed by atoms with Gasteiger partial charge in [-0.15, -0.1) is 0 Å². The fourth-order valence-corrected chi connectivity index (χ4v) is 2.65. The summed E-state index contributed by atoms with van der Waals surface area (Å²) in [6.45, 7) is 4.10. The topological polar surface area (TPSA) is 87.3 Å². The summed E-state index contributed by atoms with van der Waals surface area (Å²) >= 11 is 0. The van der Waals surface area contributed by atoms with E-state index in [0.717, 1.165) is 16.6 Å². The van der Waals surface area contributed by atoms with Gasteiger partial charge in [-0.05, 0) is 55.3 Å². The number of hydrogen-bond donors (Lipinski definition) is 2. The van der Waals surface area contributed by atoms with Gasteiger partial charge < -0.3 is 4.98 Å². The Labute approximate surface area is 137 Å². The van der Waals surface area contributed by atoms with Crippen molar-refractivity contribution in [3.63, 3.8) is 0 Å². The van der Waals surface area contributed by atoms with Crippen molar-refractivity contribution in [1.29, 1.82) is 0 Å². The van der Waals surface area contributed by atoms with Crippen molar-refractivity contribution in [1.82, 2.24) is 25.1 Å². The number of aromatic nitrogens is 5. The second-order valence-corrected chi connectivity index (χ2v) is 5.77. The number of hydrogen-bond acceptors (Lipinski definition) is 4. The number of nitrogens with zero attached hydrogens (tertiary/aromatic N) is 3. The van der Waals surface area contributed by atoms with Crippen LogP contribution in [0.4, 0.5) is 0 Å². The molecule has 3 heterocycles. The standard InChI is InChI=1S/C18H15N5O/c1-10-7-15-16(8-11(10)2)21-17(20-15)13-9-14(22-23-18(13)24)12-3-5-19-6-4-12/h3-9H,1-2H3,(H,20,21)(H,23,24). The van der Waals surface area contributed by atoms with E-state index in [4.69, 9.17) is 0 Å². The first kappa shape index (κ1) is 14.3. The lowest BCUT2D eigenvalue weighted by Crippen LogP contribution is -2.12. The number of H-pyrrole nitrogens is 2. The molecule has 4 aromatic rings. The smallest absolute Gasteiger partial charge is 0.275 e. The third-order valence-corrected chi connectivity index (χ3v) is 4.13. The predicted octanol–water partition coefficient (Wildman–Crippen LogP) is 2.99. The minimum Gasteiger partial charge on any atom is -0.338 e. The van der Waals surface area contributed by atoms with Gasteiger partial charge in [0.25, 0.3) is 5.56 Å². The quantitative estimate of drug-likeness (QED) is 0.595. The highest BCUT2D eigenvalue weighted by molar-refractivity contribution is 5.81. The van der Waals surface area contributed by atoms with Gasteiger partial charge in [-0.2, -0.15) is 5.10 Å². The minimum atomic E-state index is -0.277. The molecule has 1 aromatic carbocycles. The van der Waals surface area contributed by atoms with Crippen LogP contribution in [0.15, 0.2) is 47.5 Å². The number of aromatic amines is 2. The second kappa shape index (κ2) is 5.42. The number of aryl methyl sites for hydroxylation is 2. The third kappa shape index (κ3) is 2.38. The number of benzene rings is 1. The van der Waals surface area contributed by atoms with Crippen LogP contribution in [0.3, 0.4) is 0 Å². The van der Waals surface area contributed by atoms with Gasteiger partial charge in [-0.25, -0.2) is 10.1 Å². The molecular weight excluding hydrogens is 302 g/mol. The van der Waals surface area contributed by atoms with Crippen LogP contribution in [0.2, 0.25) is 0 Å². The first-order valence-electron chi connectivity index (χ1n) is 7.59. The van der Waals surface area contributed by atoms with E-state index in [0.29, 0.717) is 17.1 Å². The van der Waals surface area contributed by atoms with E-state index in [1.165, 1.54) is 11.1 Å². The van der Waals surface area contributed by atoms with Crippen LogP contribution >= 0.6 is 0 Å². The lowest BCUT2D eigenvalue weighted by atomic mass is 10.1. The van der Waals surface area contributed by atoms with E-state index in [9.17, 15) is 4.79 Å². The Morgan fingerprint density at radius 3 is 2.54 bits per heavy atom. The molecule has 0 spiro atoms. The molecule has 4 rings (SSSR count). The van der Waals surface area contributed by atoms with E-state index in [1.54, 1.807) is 18.5 Å². The zero-order chi connectivity index (χ0) is 16.7. The molecule has 6 nitrogen and oxygen atoms in total. The van der Waals surface area contributed by atoms with Gasteiger partial charge in [0.05, 0.1) is 22.3 Å². The Bertz CT molecular complexity index is 1060. The summed E-state index contributed by atoms with van der Waals surface area (Å²) in [6.07, 6.45) is 3.38. The normalized spacial score (nSPS) is 11.1. The Morgan fingerprint density at radius 1 is 1.00 bits per heavy atom. The summed E-state index contributed by atoms with van der Waals surface area (Å²) in [5.74, 6) is 0.536. The van der Waals surface area contributed by atoms with Crippen LogP contribution in [0.25, 0.3) is 33.7 Å². The average Bonchev–Trinajstić information content (AvgIpc) is 2.99. The average molecular weight is 317 g/mol. The summed E-state index contributed by atoms with van der Waals surface area (Å²) in [4.78, 5) is 24.0. The lowest BCUT2D eigenvalue weighted by molar-refractivity contribution is 0.993. The Hall–Kier alpha value is -3.28. The van der Waals surface area contributed by atoms with Crippen molar-refractivity contribution < 1.29 is 0 Å². The van der Waals surface area contributed by atoms with Crippen molar-refractivity contribution in [2.45, 2.75) is 13.8 Å². The summed E-state index contributed by atoms with van der Waals surface area (Å²) in [5.41, 5.74) is 5.83. The Morgan fingerprint density at radius 2 is 1.75 bits per heavy atom. The number of nitrogens with one attached hydrogen (secondary N) is 2. The highest BCUT2D eigenvalue weighted by Gasteiger charge is 2.12. The molecule has 3 aromatic heterocycles. The molecule has 0 atom stereocenters. The van der Waals surface area contributed by atoms with Crippen LogP contribution in [-0.4, -0.2) is 25.1 Å². The summed E-state index contributed by atoms with van der Waals surface area (Å²) in [5, 5.41) is 6.66. The molecule has 2 N–H and O–H groups in total. The van der Waals surface area contributed by atoms with Gasteiger partial charge in [0, 0.05) is 18.0 Å². The Kier molecular flexibility index (Phi) is 3.23. The highest BCUT2D eigenvalue weighted by atomic mass is 16.1. The van der Waals surface area contributed by atoms with E-state index in [-0.39, 0.29) is 5.56 Å². The van der Waals surface area contributed by atoms with Crippen LogP contribution in [0, 0.1) is 13.8 Å². The van der Waals surface area contributed by atoms with Gasteiger partial charge in [0.2, 0.25) is 0 Å². The third-order valence-electron chi connectivity index (χ3n) is 4.13. The maximum absolute atomic E-state index is 12.2. The van der Waals surface area contributed by atoms with Crippen LogP contribution in [0.5, 0.6) is 0 Å². The van der Waals surface area contributed by atoms with E-state index in [2.05, 4.69) is 32.1 Å². The van der Waals surface area contributed by atoms with Crippen LogP contribution in [0.1, 0.15) is 11.1 Å². The molecule has 0 radical (unpaired) electrons. The lowest BCUT2D eigenvalue weighted by Gasteiger charge is -2.01. The molecular formula is C18H15N5O. The zero-order valence-electron chi connectivity index (χ0n) is 13.3. The molecule has 0 unspecified atom stereocenters. The molecule has 24 heavy (non-hydrogen) atoms. The largest absolute Gasteiger partial charge is 0.338 e. The molecule has 0 fully saturated rings. The predicted molar refractivity (Wildman–Crippen MR) is 92.7 cm³/mol. The molecule has 0 amide bonds. The van der Waals surface area contributed by atoms with Crippen molar-refractivity contribution >= 4 is 11.0 Å². The molecule has 6 heteroatoms. The van der Waals surface area contributed by atoms with Crippen molar-refractivity contribution in [3.8, 4) is 22.6 Å². The highest BCUT2D eigenvalue weighted by Crippen LogP contribution is 2.23. The van der Waals surface area contributed by atoms with E-state index < -0.39 is 0 Å². The number of fused-ring (bicyclic) bond motifs is 1. The van der Waals surface area contributed by atoms with Gasteiger partial charge in [0.1, 0.15) is 5.82 Å². The molecule has 0 saturated carbocycles. The maximum atomic E-state index is 12.2. The van der Waals surface area contributed by atoms with E-state index in [1.807, 2.05) is 31.2 Å². The van der Waals surface area contributed by atoms with E-state index >= 15 is 0 Å². The first-order chi connectivity index (χ1) is 11.6. The van der Waals surface area contributed by atoms with Crippen molar-refractivity contribution in [2.75, 3.05) is 0 Å². The molecule has 0 saturated heterocycles. The first-order valence-corrected chi connectivity index (χ1v) is 7.59. The van der Waals surface area contributed by atoms with Gasteiger partial charge >= 0.3 is 0 Å². The molecule has 0 aliphatic rings. The summed E-state index contributed by atoms with van der Waals surface area (Å²) < 4.78 is 0. The zero-order valence-corrected chi connectivity index (χ0v) is 13.3. The van der Waals surface area contributed by atoms with Crippen LogP contribution in [-0.2, 0) is 0 Å². The fourth-order valence-electron chi connectivity index (χ4n) is 2.65. The van der Waals surface area contributed by atoms with Gasteiger partial charge in [-0.3, -0.25) is 9.78 Å². The monoisotopic (exact) mass is 317 g/mol.